The van der Waals surface area contributed by atoms with Gasteiger partial charge in [0.2, 0.25) is 0 Å². The standard InChI is InChI=1S/C14H23NO2/c1-10(2)17-13-8-6-5-7-11(13)12(16)9-14(3,4)15/h5-8,10,12,16H,9,15H2,1-4H3. The van der Waals surface area contributed by atoms with E-state index in [-0.39, 0.29) is 6.10 Å². The third-order valence-electron chi connectivity index (χ3n) is 2.36. The van der Waals surface area contributed by atoms with Crippen LogP contribution in [0, 0.1) is 0 Å². The van der Waals surface area contributed by atoms with Crippen LogP contribution >= 0.6 is 0 Å². The third kappa shape index (κ3) is 4.75. The Hall–Kier alpha value is -1.06. The first kappa shape index (κ1) is 14.0. The molecule has 3 N–H and O–H groups in total. The zero-order valence-corrected chi connectivity index (χ0v) is 11.1. The van der Waals surface area contributed by atoms with Gasteiger partial charge in [0.15, 0.2) is 0 Å². The molecule has 0 aliphatic carbocycles. The maximum atomic E-state index is 10.2. The van der Waals surface area contributed by atoms with Crippen LogP contribution in [0.3, 0.4) is 0 Å². The van der Waals surface area contributed by atoms with Crippen LogP contribution in [-0.2, 0) is 0 Å². The molecule has 1 rings (SSSR count). The van der Waals surface area contributed by atoms with Crippen molar-refractivity contribution in [1.29, 1.82) is 0 Å². The Bertz CT molecular complexity index is 355. The Labute approximate surface area is 104 Å². The van der Waals surface area contributed by atoms with E-state index in [4.69, 9.17) is 10.5 Å². The third-order valence-corrected chi connectivity index (χ3v) is 2.36. The zero-order valence-electron chi connectivity index (χ0n) is 11.1. The number of rotatable bonds is 5. The fourth-order valence-corrected chi connectivity index (χ4v) is 1.73. The van der Waals surface area contributed by atoms with Gasteiger partial charge in [-0.05, 0) is 40.2 Å². The Morgan fingerprint density at radius 3 is 2.41 bits per heavy atom. The molecule has 1 aromatic rings. The van der Waals surface area contributed by atoms with Crippen LogP contribution in [0.5, 0.6) is 5.75 Å². The number of hydrogen-bond acceptors (Lipinski definition) is 3. The first-order valence-electron chi connectivity index (χ1n) is 6.02. The number of hydrogen-bond donors (Lipinski definition) is 2. The lowest BCUT2D eigenvalue weighted by Crippen LogP contribution is -2.33. The summed E-state index contributed by atoms with van der Waals surface area (Å²) in [6.45, 7) is 7.75. The highest BCUT2D eigenvalue weighted by Gasteiger charge is 2.21. The van der Waals surface area contributed by atoms with Crippen molar-refractivity contribution < 1.29 is 9.84 Å². The van der Waals surface area contributed by atoms with Gasteiger partial charge < -0.3 is 15.6 Å². The van der Waals surface area contributed by atoms with Crippen molar-refractivity contribution in [1.82, 2.24) is 0 Å². The molecule has 0 aliphatic heterocycles. The molecule has 0 bridgehead atoms. The summed E-state index contributed by atoms with van der Waals surface area (Å²) >= 11 is 0. The minimum Gasteiger partial charge on any atom is -0.491 e. The average Bonchev–Trinajstić information content (AvgIpc) is 2.14. The average molecular weight is 237 g/mol. The van der Waals surface area contributed by atoms with Gasteiger partial charge in [-0.1, -0.05) is 18.2 Å². The molecular formula is C14H23NO2. The summed E-state index contributed by atoms with van der Waals surface area (Å²) in [5.41, 5.74) is 6.33. The summed E-state index contributed by atoms with van der Waals surface area (Å²) in [7, 11) is 0. The predicted octanol–water partition coefficient (Wildman–Crippen LogP) is 2.63. The van der Waals surface area contributed by atoms with Crippen molar-refractivity contribution in [3.8, 4) is 5.75 Å². The van der Waals surface area contributed by atoms with E-state index in [2.05, 4.69) is 0 Å². The summed E-state index contributed by atoms with van der Waals surface area (Å²) in [5, 5.41) is 10.2. The molecule has 1 atom stereocenters. The summed E-state index contributed by atoms with van der Waals surface area (Å²) < 4.78 is 5.68. The molecule has 1 unspecified atom stereocenters. The second-order valence-corrected chi connectivity index (χ2v) is 5.41. The van der Waals surface area contributed by atoms with E-state index >= 15 is 0 Å². The minimum atomic E-state index is -0.593. The molecule has 0 saturated carbocycles. The molecule has 96 valence electrons. The van der Waals surface area contributed by atoms with Gasteiger partial charge in [0, 0.05) is 11.1 Å². The molecule has 0 spiro atoms. The first-order valence-corrected chi connectivity index (χ1v) is 6.02. The monoisotopic (exact) mass is 237 g/mol. The fraction of sp³-hybridized carbons (Fsp3) is 0.571. The van der Waals surface area contributed by atoms with E-state index in [9.17, 15) is 5.11 Å². The van der Waals surface area contributed by atoms with E-state index in [1.807, 2.05) is 52.0 Å². The van der Waals surface area contributed by atoms with Crippen LogP contribution in [-0.4, -0.2) is 16.7 Å². The zero-order chi connectivity index (χ0) is 13.1. The molecule has 0 aliphatic rings. The summed E-state index contributed by atoms with van der Waals surface area (Å²) in [5.74, 6) is 0.735. The van der Waals surface area contributed by atoms with E-state index in [1.54, 1.807) is 0 Å². The molecule has 0 amide bonds. The molecule has 0 radical (unpaired) electrons. The number of benzene rings is 1. The molecule has 3 nitrogen and oxygen atoms in total. The minimum absolute atomic E-state index is 0.0919. The van der Waals surface area contributed by atoms with Crippen LogP contribution in [0.1, 0.15) is 45.8 Å². The lowest BCUT2D eigenvalue weighted by Gasteiger charge is -2.24. The van der Waals surface area contributed by atoms with Gasteiger partial charge in [-0.25, -0.2) is 0 Å². The van der Waals surface area contributed by atoms with Crippen molar-refractivity contribution in [2.75, 3.05) is 0 Å². The number of aliphatic hydroxyl groups excluding tert-OH is 1. The van der Waals surface area contributed by atoms with Gasteiger partial charge in [0.05, 0.1) is 12.2 Å². The van der Waals surface area contributed by atoms with Crippen molar-refractivity contribution in [3.63, 3.8) is 0 Å². The van der Waals surface area contributed by atoms with Crippen LogP contribution in [0.2, 0.25) is 0 Å². The van der Waals surface area contributed by atoms with E-state index < -0.39 is 11.6 Å². The van der Waals surface area contributed by atoms with Crippen molar-refractivity contribution in [2.24, 2.45) is 5.73 Å². The fourth-order valence-electron chi connectivity index (χ4n) is 1.73. The van der Waals surface area contributed by atoms with Crippen LogP contribution < -0.4 is 10.5 Å². The lowest BCUT2D eigenvalue weighted by atomic mass is 9.93. The molecule has 0 aromatic heterocycles. The second-order valence-electron chi connectivity index (χ2n) is 5.41. The quantitative estimate of drug-likeness (QED) is 0.827. The molecule has 3 heteroatoms. The molecule has 0 heterocycles. The number of ether oxygens (including phenoxy) is 1. The van der Waals surface area contributed by atoms with Crippen LogP contribution in [0.25, 0.3) is 0 Å². The largest absolute Gasteiger partial charge is 0.491 e. The van der Waals surface area contributed by atoms with Gasteiger partial charge in [0.1, 0.15) is 5.75 Å². The second kappa shape index (κ2) is 5.52. The highest BCUT2D eigenvalue weighted by Crippen LogP contribution is 2.30. The van der Waals surface area contributed by atoms with Gasteiger partial charge in [0.25, 0.3) is 0 Å². The summed E-state index contributed by atoms with van der Waals surface area (Å²) in [4.78, 5) is 0. The predicted molar refractivity (Wildman–Crippen MR) is 70.0 cm³/mol. The highest BCUT2D eigenvalue weighted by atomic mass is 16.5. The lowest BCUT2D eigenvalue weighted by molar-refractivity contribution is 0.134. The van der Waals surface area contributed by atoms with Gasteiger partial charge in [-0.2, -0.15) is 0 Å². The van der Waals surface area contributed by atoms with Crippen molar-refractivity contribution >= 4 is 0 Å². The van der Waals surface area contributed by atoms with E-state index in [0.717, 1.165) is 11.3 Å². The number of para-hydroxylation sites is 1. The Morgan fingerprint density at radius 1 is 1.29 bits per heavy atom. The first-order chi connectivity index (χ1) is 7.79. The summed E-state index contributed by atoms with van der Waals surface area (Å²) in [6.07, 6.45) is 0.00467. The number of nitrogens with two attached hydrogens (primary N) is 1. The van der Waals surface area contributed by atoms with Crippen molar-refractivity contribution in [2.45, 2.75) is 51.9 Å². The van der Waals surface area contributed by atoms with Gasteiger partial charge >= 0.3 is 0 Å². The van der Waals surface area contributed by atoms with Crippen LogP contribution in [0.4, 0.5) is 0 Å². The number of aliphatic hydroxyl groups is 1. The van der Waals surface area contributed by atoms with Gasteiger partial charge in [-0.15, -0.1) is 0 Å². The maximum Gasteiger partial charge on any atom is 0.125 e. The van der Waals surface area contributed by atoms with Gasteiger partial charge in [-0.3, -0.25) is 0 Å². The molecule has 0 saturated heterocycles. The Balaban J connectivity index is 2.88. The Morgan fingerprint density at radius 2 is 1.88 bits per heavy atom. The Kier molecular flexibility index (Phi) is 4.54. The topological polar surface area (TPSA) is 55.5 Å². The van der Waals surface area contributed by atoms with E-state index in [1.165, 1.54) is 0 Å². The maximum absolute atomic E-state index is 10.2. The van der Waals surface area contributed by atoms with Crippen LogP contribution in [0.15, 0.2) is 24.3 Å². The van der Waals surface area contributed by atoms with Crippen molar-refractivity contribution in [3.05, 3.63) is 29.8 Å². The highest BCUT2D eigenvalue weighted by molar-refractivity contribution is 5.35. The summed E-state index contributed by atoms with van der Waals surface area (Å²) in [6, 6.07) is 7.56. The SMILES string of the molecule is CC(C)Oc1ccccc1C(O)CC(C)(C)N. The van der Waals surface area contributed by atoms with E-state index in [0.29, 0.717) is 6.42 Å². The molecule has 1 aromatic carbocycles. The smallest absolute Gasteiger partial charge is 0.125 e. The molecule has 17 heavy (non-hydrogen) atoms. The molecular weight excluding hydrogens is 214 g/mol. The molecule has 0 fully saturated rings. The normalized spacial score (nSPS) is 13.8.